The molecule has 4 atom stereocenters. The van der Waals surface area contributed by atoms with E-state index in [-0.39, 0.29) is 19.8 Å². The molecule has 1 fully saturated rings. The maximum absolute atomic E-state index is 13.5. The second kappa shape index (κ2) is 9.30. The van der Waals surface area contributed by atoms with Crippen LogP contribution in [-0.2, 0) is 19.1 Å². The minimum Gasteiger partial charge on any atom is -0.493 e. The van der Waals surface area contributed by atoms with Crippen LogP contribution < -0.4 is 10.1 Å². The predicted octanol–water partition coefficient (Wildman–Crippen LogP) is 3.40. The molecule has 2 aliphatic rings. The van der Waals surface area contributed by atoms with Gasteiger partial charge in [-0.05, 0) is 32.0 Å². The van der Waals surface area contributed by atoms with Gasteiger partial charge in [0, 0.05) is 17.2 Å². The predicted molar refractivity (Wildman–Crippen MR) is 116 cm³/mol. The molecule has 168 valence electrons. The quantitative estimate of drug-likeness (QED) is 0.719. The number of fused-ring (bicyclic) bond motifs is 3. The van der Waals surface area contributed by atoms with Crippen LogP contribution in [0.15, 0.2) is 54.6 Å². The number of carbonyl (C=O) groups is 3. The third-order valence-electron chi connectivity index (χ3n) is 5.82. The Morgan fingerprint density at radius 2 is 1.62 bits per heavy atom. The number of nitrogens with one attached hydrogen (secondary N) is 1. The molecule has 0 aromatic heterocycles. The first-order valence-electron chi connectivity index (χ1n) is 10.8. The summed E-state index contributed by atoms with van der Waals surface area (Å²) in [6.45, 7) is 3.86. The van der Waals surface area contributed by atoms with Crippen molar-refractivity contribution < 1.29 is 28.6 Å². The van der Waals surface area contributed by atoms with E-state index in [9.17, 15) is 14.4 Å². The minimum absolute atomic E-state index is 0.126. The van der Waals surface area contributed by atoms with Crippen molar-refractivity contribution in [2.45, 2.75) is 25.9 Å². The summed E-state index contributed by atoms with van der Waals surface area (Å²) < 4.78 is 16.5. The number of anilines is 1. The average Bonchev–Trinajstić information content (AvgIpc) is 3.16. The number of esters is 2. The molecule has 8 nitrogen and oxygen atoms in total. The van der Waals surface area contributed by atoms with Gasteiger partial charge in [-0.1, -0.05) is 36.4 Å². The maximum Gasteiger partial charge on any atom is 0.329 e. The first-order valence-corrected chi connectivity index (χ1v) is 10.8. The average molecular weight is 438 g/mol. The number of rotatable bonds is 5. The Morgan fingerprint density at radius 1 is 0.969 bits per heavy atom. The number of nitrogens with zero attached hydrogens (tertiary/aromatic N) is 1. The third-order valence-corrected chi connectivity index (χ3v) is 5.82. The molecule has 0 spiro atoms. The van der Waals surface area contributed by atoms with Crippen LogP contribution in [0, 0.1) is 11.8 Å². The van der Waals surface area contributed by atoms with Gasteiger partial charge in [0.1, 0.15) is 11.8 Å². The van der Waals surface area contributed by atoms with E-state index >= 15 is 0 Å². The first-order chi connectivity index (χ1) is 15.6. The van der Waals surface area contributed by atoms with E-state index in [0.717, 1.165) is 5.56 Å². The van der Waals surface area contributed by atoms with Crippen molar-refractivity contribution in [2.24, 2.45) is 11.8 Å². The van der Waals surface area contributed by atoms with Gasteiger partial charge >= 0.3 is 18.0 Å². The molecule has 0 aliphatic carbocycles. The van der Waals surface area contributed by atoms with Gasteiger partial charge in [-0.3, -0.25) is 4.79 Å². The minimum atomic E-state index is -1.14. The fourth-order valence-corrected chi connectivity index (χ4v) is 4.59. The summed E-state index contributed by atoms with van der Waals surface area (Å²) in [7, 11) is 0. The van der Waals surface area contributed by atoms with Crippen LogP contribution in [0.4, 0.5) is 10.5 Å². The Labute approximate surface area is 186 Å². The van der Waals surface area contributed by atoms with Gasteiger partial charge in [0.2, 0.25) is 0 Å². The molecule has 0 bridgehead atoms. The van der Waals surface area contributed by atoms with Crippen molar-refractivity contribution in [3.63, 3.8) is 0 Å². The summed E-state index contributed by atoms with van der Waals surface area (Å²) in [4.78, 5) is 41.1. The summed E-state index contributed by atoms with van der Waals surface area (Å²) in [6.07, 6.45) is 0. The summed E-state index contributed by atoms with van der Waals surface area (Å²) >= 11 is 0. The van der Waals surface area contributed by atoms with Crippen molar-refractivity contribution >= 4 is 23.7 Å². The highest BCUT2D eigenvalue weighted by Crippen LogP contribution is 2.51. The Morgan fingerprint density at radius 3 is 2.34 bits per heavy atom. The highest BCUT2D eigenvalue weighted by atomic mass is 16.5. The van der Waals surface area contributed by atoms with E-state index in [4.69, 9.17) is 14.2 Å². The number of ether oxygens (including phenoxy) is 3. The molecule has 2 aliphatic heterocycles. The van der Waals surface area contributed by atoms with Crippen LogP contribution in [-0.4, -0.2) is 48.7 Å². The lowest BCUT2D eigenvalue weighted by Gasteiger charge is -2.34. The summed E-state index contributed by atoms with van der Waals surface area (Å²) in [5.74, 6) is -1.92. The van der Waals surface area contributed by atoms with Crippen LogP contribution >= 0.6 is 0 Å². The number of urea groups is 1. The van der Waals surface area contributed by atoms with Crippen LogP contribution in [0.1, 0.15) is 25.5 Å². The van der Waals surface area contributed by atoms with Gasteiger partial charge in [-0.15, -0.1) is 0 Å². The summed E-state index contributed by atoms with van der Waals surface area (Å²) in [5.41, 5.74) is 1.32. The van der Waals surface area contributed by atoms with E-state index in [1.54, 1.807) is 38.1 Å². The number of hydrogen-bond donors (Lipinski definition) is 1. The smallest absolute Gasteiger partial charge is 0.329 e. The zero-order valence-electron chi connectivity index (χ0n) is 18.0. The van der Waals surface area contributed by atoms with Crippen LogP contribution in [0.25, 0.3) is 0 Å². The lowest BCUT2D eigenvalue weighted by molar-refractivity contribution is -0.159. The van der Waals surface area contributed by atoms with Crippen LogP contribution in [0.3, 0.4) is 0 Å². The van der Waals surface area contributed by atoms with Gasteiger partial charge in [0.05, 0.1) is 31.8 Å². The van der Waals surface area contributed by atoms with Crippen LogP contribution in [0.2, 0.25) is 0 Å². The Balaban J connectivity index is 1.80. The Hall–Kier alpha value is -3.55. The molecule has 1 N–H and O–H groups in total. The molecule has 2 amide bonds. The highest BCUT2D eigenvalue weighted by molar-refractivity contribution is 5.96. The summed E-state index contributed by atoms with van der Waals surface area (Å²) in [5, 5.41) is 2.85. The topological polar surface area (TPSA) is 94.2 Å². The molecule has 32 heavy (non-hydrogen) atoms. The van der Waals surface area contributed by atoms with Crippen molar-refractivity contribution in [2.75, 3.05) is 25.1 Å². The first kappa shape index (κ1) is 21.7. The van der Waals surface area contributed by atoms with Gasteiger partial charge in [-0.2, -0.15) is 0 Å². The standard InChI is InChI=1S/C24H26N2O6/c1-3-30-22(27)19-17-14-32-18-13-9-8-12-16(18)20(17)26(21(19)23(28)31-4-2)24(29)25-15-10-6-5-7-11-15/h5-13,17,19-21H,3-4,14H2,1-2H3,(H,25,29)/t17-,19-,20+,21?/m0/s1. The van der Waals surface area contributed by atoms with Crippen molar-refractivity contribution in [3.8, 4) is 5.75 Å². The lowest BCUT2D eigenvalue weighted by atomic mass is 9.83. The highest BCUT2D eigenvalue weighted by Gasteiger charge is 2.60. The van der Waals surface area contributed by atoms with Gasteiger partial charge < -0.3 is 24.4 Å². The number of hydrogen-bond acceptors (Lipinski definition) is 6. The summed E-state index contributed by atoms with van der Waals surface area (Å²) in [6, 6.07) is 14.1. The van der Waals surface area contributed by atoms with Crippen molar-refractivity contribution in [1.82, 2.24) is 4.90 Å². The second-order valence-corrected chi connectivity index (χ2v) is 7.64. The normalized spacial score (nSPS) is 23.4. The van der Waals surface area contributed by atoms with E-state index in [1.165, 1.54) is 4.90 Å². The SMILES string of the molecule is CCOC(=O)C1[C@@H](C(=O)OCC)[C@@H]2COc3ccccc3[C@H]2N1C(=O)Nc1ccccc1. The van der Waals surface area contributed by atoms with E-state index < -0.39 is 41.9 Å². The molecule has 1 saturated heterocycles. The van der Waals surface area contributed by atoms with E-state index in [1.807, 2.05) is 30.3 Å². The number of amides is 2. The molecular weight excluding hydrogens is 412 g/mol. The molecule has 8 heteroatoms. The molecule has 0 radical (unpaired) electrons. The van der Waals surface area contributed by atoms with Crippen LogP contribution in [0.5, 0.6) is 5.75 Å². The number of para-hydroxylation sites is 2. The largest absolute Gasteiger partial charge is 0.493 e. The number of carbonyl (C=O) groups excluding carboxylic acids is 3. The number of benzene rings is 2. The fraction of sp³-hybridized carbons (Fsp3) is 0.375. The second-order valence-electron chi connectivity index (χ2n) is 7.64. The van der Waals surface area contributed by atoms with Crippen molar-refractivity contribution in [3.05, 3.63) is 60.2 Å². The van der Waals surface area contributed by atoms with E-state index in [0.29, 0.717) is 11.4 Å². The molecule has 2 aromatic carbocycles. The molecular formula is C24H26N2O6. The Kier molecular flexibility index (Phi) is 6.30. The molecule has 1 unspecified atom stereocenters. The molecule has 0 saturated carbocycles. The molecule has 2 heterocycles. The van der Waals surface area contributed by atoms with Crippen molar-refractivity contribution in [1.29, 1.82) is 0 Å². The number of likely N-dealkylation sites (tertiary alicyclic amines) is 1. The zero-order chi connectivity index (χ0) is 22.7. The molecule has 2 aromatic rings. The van der Waals surface area contributed by atoms with Gasteiger partial charge in [0.15, 0.2) is 0 Å². The third kappa shape index (κ3) is 3.88. The van der Waals surface area contributed by atoms with Gasteiger partial charge in [0.25, 0.3) is 0 Å². The maximum atomic E-state index is 13.5. The lowest BCUT2D eigenvalue weighted by Crippen LogP contribution is -2.48. The van der Waals surface area contributed by atoms with Gasteiger partial charge in [-0.25, -0.2) is 9.59 Å². The Bertz CT molecular complexity index is 995. The fourth-order valence-electron chi connectivity index (χ4n) is 4.59. The molecule has 4 rings (SSSR count). The van der Waals surface area contributed by atoms with E-state index in [2.05, 4.69) is 5.32 Å². The monoisotopic (exact) mass is 438 g/mol. The zero-order valence-corrected chi connectivity index (χ0v) is 18.0.